The number of rotatable bonds is 4. The van der Waals surface area contributed by atoms with Gasteiger partial charge in [0, 0.05) is 6.20 Å². The first-order valence-corrected chi connectivity index (χ1v) is 5.35. The lowest BCUT2D eigenvalue weighted by Crippen LogP contribution is -2.14. The van der Waals surface area contributed by atoms with Crippen LogP contribution in [0.2, 0.25) is 0 Å². The van der Waals surface area contributed by atoms with Crippen LogP contribution in [0.5, 0.6) is 5.75 Å². The van der Waals surface area contributed by atoms with Crippen LogP contribution in [0.25, 0.3) is 0 Å². The summed E-state index contributed by atoms with van der Waals surface area (Å²) in [5, 5.41) is 0. The molecule has 94 valence electrons. The van der Waals surface area contributed by atoms with Crippen molar-refractivity contribution in [3.63, 3.8) is 0 Å². The molecule has 0 aliphatic carbocycles. The van der Waals surface area contributed by atoms with Crippen LogP contribution >= 0.6 is 0 Å². The summed E-state index contributed by atoms with van der Waals surface area (Å²) in [5.41, 5.74) is -0.609. The number of H-pyrrole nitrogens is 1. The SMILES string of the molecule is O=c1[nH]ccc(OCc2ccccc2)c1C(F)F. The fourth-order valence-electron chi connectivity index (χ4n) is 1.54. The molecular weight excluding hydrogens is 240 g/mol. The summed E-state index contributed by atoms with van der Waals surface area (Å²) < 4.78 is 30.7. The van der Waals surface area contributed by atoms with Crippen molar-refractivity contribution in [1.29, 1.82) is 0 Å². The minimum absolute atomic E-state index is 0.0856. The highest BCUT2D eigenvalue weighted by atomic mass is 19.3. The summed E-state index contributed by atoms with van der Waals surface area (Å²) in [7, 11) is 0. The van der Waals surface area contributed by atoms with Gasteiger partial charge in [-0.3, -0.25) is 4.79 Å². The van der Waals surface area contributed by atoms with Gasteiger partial charge in [-0.15, -0.1) is 0 Å². The number of ether oxygens (including phenoxy) is 1. The summed E-state index contributed by atoms with van der Waals surface area (Å²) in [5.74, 6) is -0.0856. The first-order chi connectivity index (χ1) is 8.68. The Hall–Kier alpha value is -2.17. The summed E-state index contributed by atoms with van der Waals surface area (Å²) in [4.78, 5) is 13.5. The van der Waals surface area contributed by atoms with Crippen LogP contribution < -0.4 is 10.3 Å². The number of hydrogen-bond acceptors (Lipinski definition) is 2. The van der Waals surface area contributed by atoms with Crippen molar-refractivity contribution in [2.45, 2.75) is 13.0 Å². The number of halogens is 2. The Labute approximate surface area is 102 Å². The molecule has 18 heavy (non-hydrogen) atoms. The maximum Gasteiger partial charge on any atom is 0.272 e. The number of alkyl halides is 2. The van der Waals surface area contributed by atoms with Crippen molar-refractivity contribution in [2.24, 2.45) is 0 Å². The number of hydrogen-bond donors (Lipinski definition) is 1. The molecule has 0 amide bonds. The van der Waals surface area contributed by atoms with Gasteiger partial charge >= 0.3 is 0 Å². The Morgan fingerprint density at radius 3 is 2.56 bits per heavy atom. The lowest BCUT2D eigenvalue weighted by Gasteiger charge is -2.09. The Kier molecular flexibility index (Phi) is 3.72. The van der Waals surface area contributed by atoms with Gasteiger partial charge in [0.2, 0.25) is 0 Å². The summed E-state index contributed by atoms with van der Waals surface area (Å²) in [6, 6.07) is 10.5. The maximum atomic E-state index is 12.7. The highest BCUT2D eigenvalue weighted by Crippen LogP contribution is 2.25. The molecule has 0 saturated carbocycles. The van der Waals surface area contributed by atoms with Crippen LogP contribution in [0.1, 0.15) is 17.6 Å². The standard InChI is InChI=1S/C13H11F2NO2/c14-12(15)11-10(6-7-16-13(11)17)18-8-9-4-2-1-3-5-9/h1-7,12H,8H2,(H,16,17). The molecule has 0 unspecified atom stereocenters. The van der Waals surface area contributed by atoms with E-state index in [0.29, 0.717) is 0 Å². The van der Waals surface area contributed by atoms with Crippen molar-refractivity contribution in [2.75, 3.05) is 0 Å². The van der Waals surface area contributed by atoms with Gasteiger partial charge in [-0.1, -0.05) is 30.3 Å². The van der Waals surface area contributed by atoms with Crippen LogP contribution in [0.4, 0.5) is 8.78 Å². The van der Waals surface area contributed by atoms with E-state index in [1.54, 1.807) is 0 Å². The third-order valence-corrected chi connectivity index (χ3v) is 2.41. The topological polar surface area (TPSA) is 42.1 Å². The van der Waals surface area contributed by atoms with E-state index in [4.69, 9.17) is 4.74 Å². The third-order valence-electron chi connectivity index (χ3n) is 2.41. The largest absolute Gasteiger partial charge is 0.488 e. The molecule has 0 fully saturated rings. The third kappa shape index (κ3) is 2.74. The summed E-state index contributed by atoms with van der Waals surface area (Å²) in [6.07, 6.45) is -1.57. The number of aromatic amines is 1. The van der Waals surface area contributed by atoms with E-state index in [-0.39, 0.29) is 12.4 Å². The molecule has 2 rings (SSSR count). The van der Waals surface area contributed by atoms with Gasteiger partial charge in [0.1, 0.15) is 17.9 Å². The van der Waals surface area contributed by atoms with E-state index < -0.39 is 17.5 Å². The fraction of sp³-hybridized carbons (Fsp3) is 0.154. The van der Waals surface area contributed by atoms with Crippen molar-refractivity contribution in [3.05, 3.63) is 64.1 Å². The number of aromatic nitrogens is 1. The summed E-state index contributed by atoms with van der Waals surface area (Å²) >= 11 is 0. The lowest BCUT2D eigenvalue weighted by molar-refractivity contribution is 0.142. The van der Waals surface area contributed by atoms with E-state index in [2.05, 4.69) is 4.98 Å². The Morgan fingerprint density at radius 2 is 1.89 bits per heavy atom. The molecule has 0 atom stereocenters. The lowest BCUT2D eigenvalue weighted by atomic mass is 10.2. The molecule has 0 aliphatic rings. The fourth-order valence-corrected chi connectivity index (χ4v) is 1.54. The minimum atomic E-state index is -2.86. The van der Waals surface area contributed by atoms with E-state index >= 15 is 0 Å². The predicted octanol–water partition coefficient (Wildman–Crippen LogP) is 2.89. The normalized spacial score (nSPS) is 10.6. The first kappa shape index (κ1) is 12.3. The molecule has 2 aromatic rings. The molecule has 1 aromatic heterocycles. The van der Waals surface area contributed by atoms with Crippen LogP contribution in [-0.4, -0.2) is 4.98 Å². The molecule has 0 aliphatic heterocycles. The smallest absolute Gasteiger partial charge is 0.272 e. The van der Waals surface area contributed by atoms with Crippen molar-refractivity contribution in [3.8, 4) is 5.75 Å². The van der Waals surface area contributed by atoms with Crippen molar-refractivity contribution in [1.82, 2.24) is 4.98 Å². The number of pyridine rings is 1. The van der Waals surface area contributed by atoms with E-state index in [1.165, 1.54) is 12.3 Å². The average molecular weight is 251 g/mol. The van der Waals surface area contributed by atoms with Gasteiger partial charge in [0.05, 0.1) is 0 Å². The molecule has 0 saturated heterocycles. The average Bonchev–Trinajstić information content (AvgIpc) is 2.37. The predicted molar refractivity (Wildman–Crippen MR) is 62.8 cm³/mol. The van der Waals surface area contributed by atoms with Crippen LogP contribution in [0.15, 0.2) is 47.4 Å². The highest BCUT2D eigenvalue weighted by Gasteiger charge is 2.18. The highest BCUT2D eigenvalue weighted by molar-refractivity contribution is 5.31. The number of nitrogens with one attached hydrogen (secondary N) is 1. The van der Waals surface area contributed by atoms with Gasteiger partial charge < -0.3 is 9.72 Å². The van der Waals surface area contributed by atoms with Gasteiger partial charge in [0.25, 0.3) is 12.0 Å². The molecule has 5 heteroatoms. The monoisotopic (exact) mass is 251 g/mol. The first-order valence-electron chi connectivity index (χ1n) is 5.35. The van der Waals surface area contributed by atoms with E-state index in [1.807, 2.05) is 30.3 Å². The van der Waals surface area contributed by atoms with Crippen LogP contribution in [0.3, 0.4) is 0 Å². The quantitative estimate of drug-likeness (QED) is 0.907. The molecule has 0 spiro atoms. The minimum Gasteiger partial charge on any atom is -0.488 e. The van der Waals surface area contributed by atoms with Gasteiger partial charge in [-0.25, -0.2) is 8.78 Å². The number of benzene rings is 1. The Morgan fingerprint density at radius 1 is 1.17 bits per heavy atom. The Balaban J connectivity index is 2.20. The van der Waals surface area contributed by atoms with E-state index in [9.17, 15) is 13.6 Å². The van der Waals surface area contributed by atoms with Gasteiger partial charge in [-0.05, 0) is 11.6 Å². The molecule has 1 N–H and O–H groups in total. The zero-order valence-corrected chi connectivity index (χ0v) is 9.40. The molecule has 0 radical (unpaired) electrons. The van der Waals surface area contributed by atoms with Crippen LogP contribution in [0, 0.1) is 0 Å². The van der Waals surface area contributed by atoms with Crippen molar-refractivity contribution >= 4 is 0 Å². The summed E-state index contributed by atoms with van der Waals surface area (Å²) in [6.45, 7) is 0.143. The second kappa shape index (κ2) is 5.44. The Bertz CT molecular complexity index is 567. The van der Waals surface area contributed by atoms with Crippen LogP contribution in [-0.2, 0) is 6.61 Å². The maximum absolute atomic E-state index is 12.7. The van der Waals surface area contributed by atoms with Gasteiger partial charge in [0.15, 0.2) is 0 Å². The molecule has 1 aromatic carbocycles. The van der Waals surface area contributed by atoms with Crippen molar-refractivity contribution < 1.29 is 13.5 Å². The second-order valence-corrected chi connectivity index (χ2v) is 3.66. The second-order valence-electron chi connectivity index (χ2n) is 3.66. The van der Waals surface area contributed by atoms with E-state index in [0.717, 1.165) is 5.56 Å². The molecule has 0 bridgehead atoms. The zero-order chi connectivity index (χ0) is 13.0. The zero-order valence-electron chi connectivity index (χ0n) is 9.40. The molecule has 1 heterocycles. The molecule has 3 nitrogen and oxygen atoms in total. The van der Waals surface area contributed by atoms with Gasteiger partial charge in [-0.2, -0.15) is 0 Å². The molecular formula is C13H11F2NO2.